The highest BCUT2D eigenvalue weighted by Crippen LogP contribution is 2.26. The van der Waals surface area contributed by atoms with Gasteiger partial charge in [0.05, 0.1) is 5.69 Å². The molecule has 0 spiro atoms. The Labute approximate surface area is 144 Å². The van der Waals surface area contributed by atoms with Crippen molar-refractivity contribution in [1.82, 2.24) is 19.5 Å². The Balaban J connectivity index is 1.35. The molecule has 0 bridgehead atoms. The van der Waals surface area contributed by atoms with Crippen LogP contribution in [0.15, 0.2) is 58.4 Å². The number of likely N-dealkylation sites (tertiary alicyclic amines) is 1. The van der Waals surface area contributed by atoms with Gasteiger partial charge in [0.2, 0.25) is 0 Å². The molecule has 4 rings (SSSR count). The minimum atomic E-state index is -0.0459. The van der Waals surface area contributed by atoms with E-state index in [-0.39, 0.29) is 5.56 Å². The Morgan fingerprint density at radius 2 is 2.12 bits per heavy atom. The second-order valence-corrected chi connectivity index (χ2v) is 7.35. The average molecular weight is 340 g/mol. The number of benzene rings is 1. The first kappa shape index (κ1) is 15.5. The van der Waals surface area contributed by atoms with Crippen LogP contribution in [0.2, 0.25) is 0 Å². The molecule has 0 saturated carbocycles. The Hall–Kier alpha value is -2.05. The lowest BCUT2D eigenvalue weighted by atomic mass is 10.2. The lowest BCUT2D eigenvalue weighted by Gasteiger charge is -2.15. The Kier molecular flexibility index (Phi) is 4.40. The van der Waals surface area contributed by atoms with Crippen LogP contribution in [0.1, 0.15) is 12.1 Å². The zero-order chi connectivity index (χ0) is 16.4. The lowest BCUT2D eigenvalue weighted by molar-refractivity contribution is 0.317. The van der Waals surface area contributed by atoms with Crippen molar-refractivity contribution in [3.05, 3.63) is 64.7 Å². The number of fused-ring (bicyclic) bond motifs is 1. The number of rotatable bonds is 5. The molecule has 1 atom stereocenters. The highest BCUT2D eigenvalue weighted by atomic mass is 32.2. The van der Waals surface area contributed by atoms with Gasteiger partial charge >= 0.3 is 0 Å². The van der Waals surface area contributed by atoms with E-state index in [2.05, 4.69) is 45.3 Å². The van der Waals surface area contributed by atoms with E-state index in [1.807, 2.05) is 17.8 Å². The molecule has 6 heteroatoms. The molecular formula is C18H20N4OS. The second kappa shape index (κ2) is 6.83. The van der Waals surface area contributed by atoms with Crippen molar-refractivity contribution in [3.63, 3.8) is 0 Å². The Morgan fingerprint density at radius 3 is 3.00 bits per heavy atom. The molecule has 1 aromatic carbocycles. The number of hydrogen-bond acceptors (Lipinski definition) is 4. The zero-order valence-electron chi connectivity index (χ0n) is 13.4. The van der Waals surface area contributed by atoms with Gasteiger partial charge in [0, 0.05) is 42.1 Å². The van der Waals surface area contributed by atoms with Gasteiger partial charge in [-0.25, -0.2) is 9.50 Å². The topological polar surface area (TPSA) is 53.4 Å². The van der Waals surface area contributed by atoms with E-state index in [9.17, 15) is 4.79 Å². The number of aromatic nitrogens is 3. The summed E-state index contributed by atoms with van der Waals surface area (Å²) in [5, 5.41) is 2.87. The molecule has 5 nitrogen and oxygen atoms in total. The number of nitrogens with one attached hydrogen (secondary N) is 1. The number of hydrogen-bond donors (Lipinski definition) is 1. The van der Waals surface area contributed by atoms with Gasteiger partial charge in [-0.3, -0.25) is 14.8 Å². The lowest BCUT2D eigenvalue weighted by Crippen LogP contribution is -2.23. The smallest absolute Gasteiger partial charge is 0.272 e. The maximum absolute atomic E-state index is 12.0. The summed E-state index contributed by atoms with van der Waals surface area (Å²) in [6, 6.07) is 14.0. The van der Waals surface area contributed by atoms with Crippen LogP contribution in [0.5, 0.6) is 0 Å². The Morgan fingerprint density at radius 1 is 1.25 bits per heavy atom. The van der Waals surface area contributed by atoms with Crippen molar-refractivity contribution in [2.24, 2.45) is 5.92 Å². The monoisotopic (exact) mass is 340 g/mol. The minimum Gasteiger partial charge on any atom is -0.297 e. The van der Waals surface area contributed by atoms with E-state index < -0.39 is 0 Å². The van der Waals surface area contributed by atoms with E-state index in [4.69, 9.17) is 0 Å². The number of H-pyrrole nitrogens is 1. The standard InChI is InChI=1S/C18H20N4OS/c23-18-10-15(20-17-6-8-19-22(17)18)12-21-9-7-14(11-21)13-24-16-4-2-1-3-5-16/h1-6,8,10,14,19H,7,9,11-13H2/t14-/m1/s1. The zero-order valence-corrected chi connectivity index (χ0v) is 14.2. The van der Waals surface area contributed by atoms with Crippen LogP contribution in [0.25, 0.3) is 5.65 Å². The van der Waals surface area contributed by atoms with Gasteiger partial charge in [0.1, 0.15) is 0 Å². The molecule has 124 valence electrons. The van der Waals surface area contributed by atoms with Gasteiger partial charge in [0.15, 0.2) is 5.65 Å². The normalized spacial score (nSPS) is 18.4. The molecule has 1 saturated heterocycles. The van der Waals surface area contributed by atoms with Gasteiger partial charge in [-0.1, -0.05) is 18.2 Å². The van der Waals surface area contributed by atoms with Gasteiger partial charge in [-0.05, 0) is 31.0 Å². The molecule has 0 aliphatic carbocycles. The van der Waals surface area contributed by atoms with Crippen molar-refractivity contribution in [2.45, 2.75) is 17.9 Å². The predicted molar refractivity (Wildman–Crippen MR) is 96.4 cm³/mol. The van der Waals surface area contributed by atoms with Gasteiger partial charge < -0.3 is 0 Å². The van der Waals surface area contributed by atoms with Gasteiger partial charge in [-0.15, -0.1) is 11.8 Å². The molecule has 0 radical (unpaired) electrons. The fourth-order valence-corrected chi connectivity index (χ4v) is 4.26. The van der Waals surface area contributed by atoms with E-state index >= 15 is 0 Å². The molecule has 3 aromatic rings. The van der Waals surface area contributed by atoms with Crippen LogP contribution in [0, 0.1) is 5.92 Å². The first-order valence-corrected chi connectivity index (χ1v) is 9.23. The molecule has 1 aliphatic heterocycles. The summed E-state index contributed by atoms with van der Waals surface area (Å²) in [5.74, 6) is 1.85. The van der Waals surface area contributed by atoms with Crippen LogP contribution in [-0.2, 0) is 6.54 Å². The number of aromatic amines is 1. The fraction of sp³-hybridized carbons (Fsp3) is 0.333. The van der Waals surface area contributed by atoms with Gasteiger partial charge in [-0.2, -0.15) is 0 Å². The van der Waals surface area contributed by atoms with Crippen molar-refractivity contribution in [1.29, 1.82) is 0 Å². The van der Waals surface area contributed by atoms with E-state index in [1.54, 1.807) is 12.3 Å². The molecule has 24 heavy (non-hydrogen) atoms. The summed E-state index contributed by atoms with van der Waals surface area (Å²) in [7, 11) is 0. The predicted octanol–water partition coefficient (Wildman–Crippen LogP) is 2.64. The largest absolute Gasteiger partial charge is 0.297 e. The quantitative estimate of drug-likeness (QED) is 0.726. The third-order valence-electron chi connectivity index (χ3n) is 4.42. The third-order valence-corrected chi connectivity index (χ3v) is 5.66. The van der Waals surface area contributed by atoms with Crippen molar-refractivity contribution in [3.8, 4) is 0 Å². The van der Waals surface area contributed by atoms with Crippen LogP contribution in [0.4, 0.5) is 0 Å². The van der Waals surface area contributed by atoms with E-state index in [0.29, 0.717) is 11.6 Å². The fourth-order valence-electron chi connectivity index (χ4n) is 3.21. The second-order valence-electron chi connectivity index (χ2n) is 6.26. The summed E-state index contributed by atoms with van der Waals surface area (Å²) in [6.07, 6.45) is 2.95. The van der Waals surface area contributed by atoms with Crippen LogP contribution in [0.3, 0.4) is 0 Å². The molecule has 1 N–H and O–H groups in total. The van der Waals surface area contributed by atoms with E-state index in [1.165, 1.54) is 15.8 Å². The maximum atomic E-state index is 12.0. The molecule has 1 aliphatic rings. The molecule has 0 amide bonds. The molecule has 1 fully saturated rings. The first-order chi connectivity index (χ1) is 11.8. The summed E-state index contributed by atoms with van der Waals surface area (Å²) in [5.41, 5.74) is 1.50. The highest BCUT2D eigenvalue weighted by molar-refractivity contribution is 7.99. The third kappa shape index (κ3) is 3.39. The summed E-state index contributed by atoms with van der Waals surface area (Å²) < 4.78 is 1.47. The maximum Gasteiger partial charge on any atom is 0.272 e. The van der Waals surface area contributed by atoms with Crippen molar-refractivity contribution >= 4 is 17.4 Å². The first-order valence-electron chi connectivity index (χ1n) is 8.24. The van der Waals surface area contributed by atoms with Crippen LogP contribution < -0.4 is 5.56 Å². The van der Waals surface area contributed by atoms with Gasteiger partial charge in [0.25, 0.3) is 5.56 Å². The molecular weight excluding hydrogens is 320 g/mol. The highest BCUT2D eigenvalue weighted by Gasteiger charge is 2.23. The summed E-state index contributed by atoms with van der Waals surface area (Å²) in [4.78, 5) is 20.3. The average Bonchev–Trinajstić information content (AvgIpc) is 3.23. The van der Waals surface area contributed by atoms with Crippen molar-refractivity contribution < 1.29 is 0 Å². The number of nitrogens with zero attached hydrogens (tertiary/aromatic N) is 3. The summed E-state index contributed by atoms with van der Waals surface area (Å²) in [6.45, 7) is 2.91. The SMILES string of the molecule is O=c1cc(CN2CC[C@@H](CSc3ccccc3)C2)nc2cc[nH]n12. The summed E-state index contributed by atoms with van der Waals surface area (Å²) >= 11 is 1.93. The van der Waals surface area contributed by atoms with Crippen LogP contribution >= 0.6 is 11.8 Å². The van der Waals surface area contributed by atoms with E-state index in [0.717, 1.165) is 31.1 Å². The van der Waals surface area contributed by atoms with Crippen LogP contribution in [-0.4, -0.2) is 38.3 Å². The molecule has 2 aromatic heterocycles. The Bertz CT molecular complexity index is 873. The van der Waals surface area contributed by atoms with Crippen molar-refractivity contribution in [2.75, 3.05) is 18.8 Å². The minimum absolute atomic E-state index is 0.0459. The number of thioether (sulfide) groups is 1. The molecule has 3 heterocycles. The molecule has 0 unspecified atom stereocenters.